The van der Waals surface area contributed by atoms with Crippen molar-refractivity contribution in [2.75, 3.05) is 7.11 Å². The minimum atomic E-state index is -4.35. The fraction of sp³-hybridized carbons (Fsp3) is 0.167. The van der Waals surface area contributed by atoms with E-state index in [2.05, 4.69) is 4.74 Å². The zero-order valence-electron chi connectivity index (χ0n) is 9.69. The second-order valence-electron chi connectivity index (χ2n) is 3.28. The Kier molecular flexibility index (Phi) is 5.01. The SMILES string of the molecule is COC(=O)C(C#N)=Cc1ccc(SC(F)(F)F)cc1. The van der Waals surface area contributed by atoms with Crippen molar-refractivity contribution in [3.63, 3.8) is 0 Å². The molecule has 0 aromatic heterocycles. The summed E-state index contributed by atoms with van der Waals surface area (Å²) >= 11 is -0.232. The zero-order chi connectivity index (χ0) is 14.5. The molecule has 0 N–H and O–H groups in total. The van der Waals surface area contributed by atoms with Crippen molar-refractivity contribution in [1.82, 2.24) is 0 Å². The number of alkyl halides is 3. The minimum Gasteiger partial charge on any atom is -0.465 e. The summed E-state index contributed by atoms with van der Waals surface area (Å²) in [6.45, 7) is 0. The van der Waals surface area contributed by atoms with Gasteiger partial charge in [0.25, 0.3) is 0 Å². The van der Waals surface area contributed by atoms with Crippen LogP contribution in [0, 0.1) is 11.3 Å². The van der Waals surface area contributed by atoms with E-state index in [1.807, 2.05) is 0 Å². The smallest absolute Gasteiger partial charge is 0.446 e. The number of methoxy groups -OCH3 is 1. The summed E-state index contributed by atoms with van der Waals surface area (Å²) in [4.78, 5) is 11.2. The molecule has 100 valence electrons. The molecule has 0 fully saturated rings. The monoisotopic (exact) mass is 287 g/mol. The highest BCUT2D eigenvalue weighted by Crippen LogP contribution is 2.36. The van der Waals surface area contributed by atoms with Gasteiger partial charge in [-0.15, -0.1) is 0 Å². The Labute approximate surface area is 111 Å². The summed E-state index contributed by atoms with van der Waals surface area (Å²) in [5.74, 6) is -0.795. The highest BCUT2D eigenvalue weighted by molar-refractivity contribution is 8.00. The molecule has 0 bridgehead atoms. The molecule has 0 aliphatic heterocycles. The summed E-state index contributed by atoms with van der Waals surface area (Å²) < 4.78 is 40.7. The van der Waals surface area contributed by atoms with Gasteiger partial charge < -0.3 is 4.74 Å². The molecule has 0 spiro atoms. The number of hydrogen-bond acceptors (Lipinski definition) is 4. The molecule has 0 aliphatic carbocycles. The predicted molar refractivity (Wildman–Crippen MR) is 64.0 cm³/mol. The Morgan fingerprint density at radius 3 is 2.37 bits per heavy atom. The Morgan fingerprint density at radius 1 is 1.37 bits per heavy atom. The summed E-state index contributed by atoms with van der Waals surface area (Å²) in [6.07, 6.45) is 1.24. The van der Waals surface area contributed by atoms with Crippen molar-refractivity contribution in [3.8, 4) is 6.07 Å². The van der Waals surface area contributed by atoms with E-state index in [4.69, 9.17) is 5.26 Å². The number of thioether (sulfide) groups is 1. The van der Waals surface area contributed by atoms with Crippen molar-refractivity contribution < 1.29 is 22.7 Å². The van der Waals surface area contributed by atoms with Crippen molar-refractivity contribution in [3.05, 3.63) is 35.4 Å². The lowest BCUT2D eigenvalue weighted by atomic mass is 10.1. The molecule has 0 saturated heterocycles. The largest absolute Gasteiger partial charge is 0.465 e. The molecule has 0 atom stereocenters. The molecular formula is C12H8F3NO2S. The lowest BCUT2D eigenvalue weighted by molar-refractivity contribution is -0.135. The molecule has 19 heavy (non-hydrogen) atoms. The number of nitrogens with zero attached hydrogens (tertiary/aromatic N) is 1. The first-order chi connectivity index (χ1) is 8.85. The zero-order valence-corrected chi connectivity index (χ0v) is 10.5. The van der Waals surface area contributed by atoms with Crippen LogP contribution in [0.4, 0.5) is 13.2 Å². The Morgan fingerprint density at radius 2 is 1.95 bits per heavy atom. The average Bonchev–Trinajstić information content (AvgIpc) is 2.35. The molecule has 0 heterocycles. The van der Waals surface area contributed by atoms with Crippen LogP contribution in [0.15, 0.2) is 34.7 Å². The maximum atomic E-state index is 12.1. The van der Waals surface area contributed by atoms with Gasteiger partial charge in [0.05, 0.1) is 7.11 Å². The van der Waals surface area contributed by atoms with Gasteiger partial charge in [0, 0.05) is 4.90 Å². The topological polar surface area (TPSA) is 50.1 Å². The standard InChI is InChI=1S/C12H8F3NO2S/c1-18-11(17)9(7-16)6-8-2-4-10(5-3-8)19-12(13,14)15/h2-6H,1H3. The van der Waals surface area contributed by atoms with Crippen LogP contribution in [0.25, 0.3) is 6.08 Å². The van der Waals surface area contributed by atoms with Crippen molar-refractivity contribution in [2.45, 2.75) is 10.4 Å². The number of carbonyl (C=O) groups excluding carboxylic acids is 1. The second-order valence-corrected chi connectivity index (χ2v) is 4.42. The van der Waals surface area contributed by atoms with Crippen molar-refractivity contribution in [1.29, 1.82) is 5.26 Å². The summed E-state index contributed by atoms with van der Waals surface area (Å²) in [5, 5.41) is 8.72. The first-order valence-electron chi connectivity index (χ1n) is 4.91. The number of ether oxygens (including phenoxy) is 1. The minimum absolute atomic E-state index is 0.0289. The van der Waals surface area contributed by atoms with E-state index in [9.17, 15) is 18.0 Å². The Hall–Kier alpha value is -1.94. The highest BCUT2D eigenvalue weighted by atomic mass is 32.2. The van der Waals surface area contributed by atoms with Crippen molar-refractivity contribution >= 4 is 23.8 Å². The molecule has 0 radical (unpaired) electrons. The van der Waals surface area contributed by atoms with E-state index < -0.39 is 11.5 Å². The first kappa shape index (κ1) is 15.1. The van der Waals surface area contributed by atoms with E-state index in [0.717, 1.165) is 7.11 Å². The van der Waals surface area contributed by atoms with Crippen LogP contribution in [0.5, 0.6) is 0 Å². The Bertz CT molecular complexity index is 529. The third kappa shape index (κ3) is 5.06. The lowest BCUT2D eigenvalue weighted by Crippen LogP contribution is -2.02. The lowest BCUT2D eigenvalue weighted by Gasteiger charge is -2.05. The van der Waals surface area contributed by atoms with Crippen LogP contribution >= 0.6 is 11.8 Å². The van der Waals surface area contributed by atoms with Gasteiger partial charge in [-0.25, -0.2) is 4.79 Å². The molecule has 0 amide bonds. The number of rotatable bonds is 3. The van der Waals surface area contributed by atoms with E-state index in [0.29, 0.717) is 5.56 Å². The van der Waals surface area contributed by atoms with Gasteiger partial charge in [-0.3, -0.25) is 0 Å². The molecule has 1 aromatic carbocycles. The fourth-order valence-electron chi connectivity index (χ4n) is 1.18. The van der Waals surface area contributed by atoms with E-state index in [-0.39, 0.29) is 22.2 Å². The van der Waals surface area contributed by atoms with Gasteiger partial charge in [0.2, 0.25) is 0 Å². The second kappa shape index (κ2) is 6.29. The van der Waals surface area contributed by atoms with E-state index in [1.165, 1.54) is 30.3 Å². The molecule has 3 nitrogen and oxygen atoms in total. The first-order valence-corrected chi connectivity index (χ1v) is 5.73. The predicted octanol–water partition coefficient (Wildman–Crippen LogP) is 3.38. The number of halogens is 3. The summed E-state index contributed by atoms with van der Waals surface area (Å²) in [7, 11) is 1.14. The van der Waals surface area contributed by atoms with Crippen LogP contribution in [-0.2, 0) is 9.53 Å². The van der Waals surface area contributed by atoms with Gasteiger partial charge in [-0.2, -0.15) is 18.4 Å². The third-order valence-electron chi connectivity index (χ3n) is 1.95. The van der Waals surface area contributed by atoms with Gasteiger partial charge in [0.1, 0.15) is 11.6 Å². The van der Waals surface area contributed by atoms with Gasteiger partial charge in [0.15, 0.2) is 0 Å². The number of esters is 1. The van der Waals surface area contributed by atoms with Gasteiger partial charge in [-0.05, 0) is 35.5 Å². The van der Waals surface area contributed by atoms with Crippen LogP contribution in [0.3, 0.4) is 0 Å². The maximum Gasteiger partial charge on any atom is 0.446 e. The highest BCUT2D eigenvalue weighted by Gasteiger charge is 2.28. The van der Waals surface area contributed by atoms with Crippen LogP contribution in [0.2, 0.25) is 0 Å². The molecule has 1 rings (SSSR count). The van der Waals surface area contributed by atoms with Crippen LogP contribution in [-0.4, -0.2) is 18.6 Å². The van der Waals surface area contributed by atoms with Gasteiger partial charge >= 0.3 is 11.5 Å². The van der Waals surface area contributed by atoms with E-state index >= 15 is 0 Å². The number of benzene rings is 1. The summed E-state index contributed by atoms with van der Waals surface area (Å²) in [6, 6.07) is 6.94. The van der Waals surface area contributed by atoms with Gasteiger partial charge in [-0.1, -0.05) is 12.1 Å². The molecule has 7 heteroatoms. The summed E-state index contributed by atoms with van der Waals surface area (Å²) in [5.41, 5.74) is -4.13. The number of nitriles is 1. The number of carbonyl (C=O) groups is 1. The fourth-order valence-corrected chi connectivity index (χ4v) is 1.72. The molecule has 1 aromatic rings. The molecule has 0 aliphatic rings. The Balaban J connectivity index is 2.91. The third-order valence-corrected chi connectivity index (χ3v) is 2.69. The normalized spacial score (nSPS) is 11.8. The molecule has 0 saturated carbocycles. The van der Waals surface area contributed by atoms with E-state index in [1.54, 1.807) is 6.07 Å². The molecule has 0 unspecified atom stereocenters. The quantitative estimate of drug-likeness (QED) is 0.370. The molecular weight excluding hydrogens is 279 g/mol. The maximum absolute atomic E-state index is 12.1. The van der Waals surface area contributed by atoms with Crippen LogP contribution < -0.4 is 0 Å². The van der Waals surface area contributed by atoms with Crippen molar-refractivity contribution in [2.24, 2.45) is 0 Å². The average molecular weight is 287 g/mol. The van der Waals surface area contributed by atoms with Crippen LogP contribution in [0.1, 0.15) is 5.56 Å². The number of hydrogen-bond donors (Lipinski definition) is 0.